The predicted octanol–water partition coefficient (Wildman–Crippen LogP) is 0.919. The maximum atomic E-state index is 12.3. The van der Waals surface area contributed by atoms with Gasteiger partial charge < -0.3 is 14.7 Å². The SMILES string of the molecule is COCCN(CC(C)C)C(=O)c1cnc(C(=O)O)cn1. The van der Waals surface area contributed by atoms with Crippen molar-refractivity contribution in [2.24, 2.45) is 5.92 Å². The summed E-state index contributed by atoms with van der Waals surface area (Å²) in [6.45, 7) is 5.47. The number of carbonyl (C=O) groups is 2. The molecule has 0 fully saturated rings. The zero-order valence-electron chi connectivity index (χ0n) is 11.9. The van der Waals surface area contributed by atoms with E-state index in [0.29, 0.717) is 25.6 Å². The van der Waals surface area contributed by atoms with Crippen molar-refractivity contribution in [1.82, 2.24) is 14.9 Å². The van der Waals surface area contributed by atoms with Crippen LogP contribution < -0.4 is 0 Å². The van der Waals surface area contributed by atoms with E-state index in [1.165, 1.54) is 6.20 Å². The van der Waals surface area contributed by atoms with Crippen LogP contribution in [0.2, 0.25) is 0 Å². The van der Waals surface area contributed by atoms with Gasteiger partial charge in [-0.2, -0.15) is 0 Å². The minimum absolute atomic E-state index is 0.131. The Bertz CT molecular complexity index is 459. The lowest BCUT2D eigenvalue weighted by Gasteiger charge is -2.23. The van der Waals surface area contributed by atoms with E-state index >= 15 is 0 Å². The monoisotopic (exact) mass is 281 g/mol. The molecule has 7 heteroatoms. The number of amides is 1. The van der Waals surface area contributed by atoms with Gasteiger partial charge in [-0.3, -0.25) is 4.79 Å². The van der Waals surface area contributed by atoms with Crippen LogP contribution in [0.25, 0.3) is 0 Å². The number of aromatic nitrogens is 2. The molecule has 0 aromatic carbocycles. The van der Waals surface area contributed by atoms with E-state index in [9.17, 15) is 9.59 Å². The molecule has 0 aliphatic heterocycles. The van der Waals surface area contributed by atoms with Gasteiger partial charge in [0.1, 0.15) is 5.69 Å². The predicted molar refractivity (Wildman–Crippen MR) is 71.6 cm³/mol. The zero-order chi connectivity index (χ0) is 15.1. The smallest absolute Gasteiger partial charge is 0.356 e. The third-order valence-corrected chi connectivity index (χ3v) is 2.53. The highest BCUT2D eigenvalue weighted by Gasteiger charge is 2.19. The summed E-state index contributed by atoms with van der Waals surface area (Å²) in [5.41, 5.74) is -0.0550. The third-order valence-electron chi connectivity index (χ3n) is 2.53. The van der Waals surface area contributed by atoms with Crippen molar-refractivity contribution in [2.75, 3.05) is 26.8 Å². The Morgan fingerprint density at radius 3 is 2.35 bits per heavy atom. The quantitative estimate of drug-likeness (QED) is 0.799. The Hall–Kier alpha value is -2.02. The second-order valence-electron chi connectivity index (χ2n) is 4.73. The maximum absolute atomic E-state index is 12.3. The standard InChI is InChI=1S/C13H19N3O4/c1-9(2)8-16(4-5-20-3)12(17)10-6-15-11(7-14-10)13(18)19/h6-7,9H,4-5,8H2,1-3H3,(H,18,19). The fraction of sp³-hybridized carbons (Fsp3) is 0.538. The molecule has 1 rings (SSSR count). The van der Waals surface area contributed by atoms with E-state index in [2.05, 4.69) is 9.97 Å². The molecule has 1 aromatic rings. The van der Waals surface area contributed by atoms with Crippen molar-refractivity contribution in [3.05, 3.63) is 23.8 Å². The van der Waals surface area contributed by atoms with Crippen molar-refractivity contribution in [1.29, 1.82) is 0 Å². The molecule has 1 heterocycles. The highest BCUT2D eigenvalue weighted by atomic mass is 16.5. The summed E-state index contributed by atoms with van der Waals surface area (Å²) in [4.78, 5) is 32.2. The number of carboxylic acids is 1. The van der Waals surface area contributed by atoms with Crippen molar-refractivity contribution < 1.29 is 19.4 Å². The fourth-order valence-electron chi connectivity index (χ4n) is 1.63. The minimum atomic E-state index is -1.17. The first-order chi connectivity index (χ1) is 9.45. The van der Waals surface area contributed by atoms with Gasteiger partial charge in [0.15, 0.2) is 5.69 Å². The van der Waals surface area contributed by atoms with Gasteiger partial charge in [0.05, 0.1) is 19.0 Å². The Balaban J connectivity index is 2.84. The molecule has 0 unspecified atom stereocenters. The van der Waals surface area contributed by atoms with Crippen LogP contribution in [-0.4, -0.2) is 58.7 Å². The lowest BCUT2D eigenvalue weighted by molar-refractivity contribution is 0.0658. The summed E-state index contributed by atoms with van der Waals surface area (Å²) in [5, 5.41) is 8.74. The van der Waals surface area contributed by atoms with Crippen molar-refractivity contribution in [3.8, 4) is 0 Å². The number of ether oxygens (including phenoxy) is 1. The number of nitrogens with zero attached hydrogens (tertiary/aromatic N) is 3. The zero-order valence-corrected chi connectivity index (χ0v) is 11.9. The molecule has 7 nitrogen and oxygen atoms in total. The van der Waals surface area contributed by atoms with E-state index in [0.717, 1.165) is 6.20 Å². The topological polar surface area (TPSA) is 92.6 Å². The van der Waals surface area contributed by atoms with Crippen LogP contribution in [0.1, 0.15) is 34.8 Å². The van der Waals surface area contributed by atoms with Crippen molar-refractivity contribution in [2.45, 2.75) is 13.8 Å². The molecule has 0 atom stereocenters. The van der Waals surface area contributed by atoms with Gasteiger partial charge in [-0.1, -0.05) is 13.8 Å². The largest absolute Gasteiger partial charge is 0.476 e. The lowest BCUT2D eigenvalue weighted by Crippen LogP contribution is -2.37. The minimum Gasteiger partial charge on any atom is -0.476 e. The van der Waals surface area contributed by atoms with Crippen LogP contribution in [0.15, 0.2) is 12.4 Å². The van der Waals surface area contributed by atoms with Gasteiger partial charge in [-0.25, -0.2) is 14.8 Å². The molecule has 0 bridgehead atoms. The first kappa shape index (κ1) is 16.0. The van der Waals surface area contributed by atoms with Gasteiger partial charge in [-0.15, -0.1) is 0 Å². The second-order valence-corrected chi connectivity index (χ2v) is 4.73. The van der Waals surface area contributed by atoms with Gasteiger partial charge in [0.2, 0.25) is 0 Å². The first-order valence-electron chi connectivity index (χ1n) is 6.29. The van der Waals surface area contributed by atoms with E-state index in [4.69, 9.17) is 9.84 Å². The molecule has 20 heavy (non-hydrogen) atoms. The average Bonchev–Trinajstić information content (AvgIpc) is 2.42. The second kappa shape index (κ2) is 7.54. The molecule has 0 spiro atoms. The molecule has 1 aromatic heterocycles. The fourth-order valence-corrected chi connectivity index (χ4v) is 1.63. The number of methoxy groups -OCH3 is 1. The van der Waals surface area contributed by atoms with E-state index in [-0.39, 0.29) is 17.3 Å². The van der Waals surface area contributed by atoms with Gasteiger partial charge >= 0.3 is 5.97 Å². The summed E-state index contributed by atoms with van der Waals surface area (Å²) in [7, 11) is 1.57. The Kier molecular flexibility index (Phi) is 6.05. The van der Waals surface area contributed by atoms with Gasteiger partial charge in [0.25, 0.3) is 5.91 Å². The summed E-state index contributed by atoms with van der Waals surface area (Å²) in [6, 6.07) is 0. The van der Waals surface area contributed by atoms with Crippen LogP contribution >= 0.6 is 0 Å². The number of aromatic carboxylic acids is 1. The number of carbonyl (C=O) groups excluding carboxylic acids is 1. The van der Waals surface area contributed by atoms with Gasteiger partial charge in [0, 0.05) is 20.2 Å². The van der Waals surface area contributed by atoms with E-state index < -0.39 is 5.97 Å². The van der Waals surface area contributed by atoms with Crippen LogP contribution in [0.5, 0.6) is 0 Å². The summed E-state index contributed by atoms with van der Waals surface area (Å²) in [5.74, 6) is -1.14. The Labute approximate surface area is 117 Å². The van der Waals surface area contributed by atoms with Crippen molar-refractivity contribution >= 4 is 11.9 Å². The summed E-state index contributed by atoms with van der Waals surface area (Å²) < 4.78 is 4.98. The molecule has 0 aliphatic rings. The van der Waals surface area contributed by atoms with E-state index in [1.807, 2.05) is 13.8 Å². The lowest BCUT2D eigenvalue weighted by atomic mass is 10.2. The number of carboxylic acid groups (broad SMARTS) is 1. The summed E-state index contributed by atoms with van der Waals surface area (Å²) in [6.07, 6.45) is 2.27. The highest BCUT2D eigenvalue weighted by molar-refractivity contribution is 5.92. The molecule has 0 saturated heterocycles. The van der Waals surface area contributed by atoms with Crippen LogP contribution in [0.3, 0.4) is 0 Å². The summed E-state index contributed by atoms with van der Waals surface area (Å²) >= 11 is 0. The highest BCUT2D eigenvalue weighted by Crippen LogP contribution is 2.05. The normalized spacial score (nSPS) is 10.6. The Morgan fingerprint density at radius 1 is 1.30 bits per heavy atom. The number of rotatable bonds is 7. The molecular formula is C13H19N3O4. The molecule has 1 N–H and O–H groups in total. The maximum Gasteiger partial charge on any atom is 0.356 e. The molecule has 0 radical (unpaired) electrons. The van der Waals surface area contributed by atoms with Crippen LogP contribution in [-0.2, 0) is 4.74 Å². The van der Waals surface area contributed by atoms with Crippen LogP contribution in [0.4, 0.5) is 0 Å². The number of hydrogen-bond donors (Lipinski definition) is 1. The third kappa shape index (κ3) is 4.58. The molecule has 0 aliphatic carbocycles. The molecular weight excluding hydrogens is 262 g/mol. The van der Waals surface area contributed by atoms with Gasteiger partial charge in [-0.05, 0) is 5.92 Å². The van der Waals surface area contributed by atoms with Crippen molar-refractivity contribution in [3.63, 3.8) is 0 Å². The molecule has 110 valence electrons. The Morgan fingerprint density at radius 2 is 1.90 bits per heavy atom. The molecule has 0 saturated carbocycles. The first-order valence-corrected chi connectivity index (χ1v) is 6.29. The number of hydrogen-bond acceptors (Lipinski definition) is 5. The molecule has 1 amide bonds. The van der Waals surface area contributed by atoms with E-state index in [1.54, 1.807) is 12.0 Å². The average molecular weight is 281 g/mol. The van der Waals surface area contributed by atoms with Crippen LogP contribution in [0, 0.1) is 5.92 Å².